The average Bonchev–Trinajstić information content (AvgIpc) is 2.74. The first-order chi connectivity index (χ1) is 8.63. The molecule has 2 heterocycles. The first-order valence-corrected chi connectivity index (χ1v) is 6.71. The SMILES string of the molecule is CN(CCc1ccc(N)cn1)CC1CCN(C)C1. The lowest BCUT2D eigenvalue weighted by Crippen LogP contribution is -2.29. The van der Waals surface area contributed by atoms with E-state index in [4.69, 9.17) is 5.73 Å². The largest absolute Gasteiger partial charge is 0.397 e. The van der Waals surface area contributed by atoms with Crippen LogP contribution < -0.4 is 5.73 Å². The smallest absolute Gasteiger partial charge is 0.0501 e. The van der Waals surface area contributed by atoms with Crippen LogP contribution in [0.1, 0.15) is 12.1 Å². The van der Waals surface area contributed by atoms with Gasteiger partial charge in [-0.1, -0.05) is 0 Å². The summed E-state index contributed by atoms with van der Waals surface area (Å²) in [5.74, 6) is 0.833. The highest BCUT2D eigenvalue weighted by molar-refractivity contribution is 5.34. The van der Waals surface area contributed by atoms with E-state index in [0.29, 0.717) is 0 Å². The number of nitrogen functional groups attached to an aromatic ring is 1. The van der Waals surface area contributed by atoms with Gasteiger partial charge < -0.3 is 15.5 Å². The van der Waals surface area contributed by atoms with Crippen molar-refractivity contribution in [2.45, 2.75) is 12.8 Å². The Morgan fingerprint density at radius 1 is 1.50 bits per heavy atom. The molecule has 0 radical (unpaired) electrons. The number of pyridine rings is 1. The second-order valence-corrected chi connectivity index (χ2v) is 5.51. The quantitative estimate of drug-likeness (QED) is 0.847. The molecule has 0 aromatic carbocycles. The highest BCUT2D eigenvalue weighted by Crippen LogP contribution is 2.15. The maximum atomic E-state index is 5.63. The molecule has 4 heteroatoms. The maximum absolute atomic E-state index is 5.63. The van der Waals surface area contributed by atoms with Gasteiger partial charge in [-0.3, -0.25) is 4.98 Å². The summed E-state index contributed by atoms with van der Waals surface area (Å²) in [4.78, 5) is 9.17. The Hall–Kier alpha value is -1.13. The number of anilines is 1. The predicted molar refractivity (Wildman–Crippen MR) is 75.5 cm³/mol. The van der Waals surface area contributed by atoms with E-state index in [0.717, 1.165) is 30.3 Å². The Morgan fingerprint density at radius 2 is 2.33 bits per heavy atom. The van der Waals surface area contributed by atoms with E-state index >= 15 is 0 Å². The minimum atomic E-state index is 0.737. The van der Waals surface area contributed by atoms with Crippen molar-refractivity contribution in [3.05, 3.63) is 24.0 Å². The van der Waals surface area contributed by atoms with Gasteiger partial charge in [0.25, 0.3) is 0 Å². The van der Waals surface area contributed by atoms with Gasteiger partial charge in [0.1, 0.15) is 0 Å². The summed E-state index contributed by atoms with van der Waals surface area (Å²) in [5, 5.41) is 0. The predicted octanol–water partition coefficient (Wildman–Crippen LogP) is 1.09. The van der Waals surface area contributed by atoms with Crippen LogP contribution in [0.3, 0.4) is 0 Å². The van der Waals surface area contributed by atoms with Gasteiger partial charge >= 0.3 is 0 Å². The molecule has 0 saturated carbocycles. The van der Waals surface area contributed by atoms with Crippen molar-refractivity contribution in [1.29, 1.82) is 0 Å². The second-order valence-electron chi connectivity index (χ2n) is 5.51. The zero-order valence-electron chi connectivity index (χ0n) is 11.5. The molecule has 2 N–H and O–H groups in total. The fourth-order valence-corrected chi connectivity index (χ4v) is 2.60. The molecule has 4 nitrogen and oxygen atoms in total. The Morgan fingerprint density at radius 3 is 2.94 bits per heavy atom. The standard InChI is InChI=1S/C14H24N4/c1-17-7-5-12(10-17)11-18(2)8-6-14-4-3-13(15)9-16-14/h3-4,9,12H,5-8,10-11,15H2,1-2H3. The number of hydrogen-bond acceptors (Lipinski definition) is 4. The van der Waals surface area contributed by atoms with Crippen LogP contribution in [-0.2, 0) is 6.42 Å². The summed E-state index contributed by atoms with van der Waals surface area (Å²) in [7, 11) is 4.41. The first-order valence-electron chi connectivity index (χ1n) is 6.71. The van der Waals surface area contributed by atoms with Gasteiger partial charge in [-0.05, 0) is 45.1 Å². The van der Waals surface area contributed by atoms with Crippen molar-refractivity contribution in [3.8, 4) is 0 Å². The van der Waals surface area contributed by atoms with Crippen molar-refractivity contribution in [2.24, 2.45) is 5.92 Å². The molecule has 100 valence electrons. The highest BCUT2D eigenvalue weighted by atomic mass is 15.1. The van der Waals surface area contributed by atoms with Crippen LogP contribution in [0.4, 0.5) is 5.69 Å². The van der Waals surface area contributed by atoms with Crippen LogP contribution in [0.25, 0.3) is 0 Å². The number of aromatic nitrogens is 1. The zero-order chi connectivity index (χ0) is 13.0. The number of rotatable bonds is 5. The molecule has 2 rings (SSSR count). The van der Waals surface area contributed by atoms with Crippen LogP contribution in [-0.4, -0.2) is 55.1 Å². The molecule has 1 aliphatic rings. The Kier molecular flexibility index (Phi) is 4.55. The van der Waals surface area contributed by atoms with Crippen molar-refractivity contribution in [2.75, 3.05) is 46.0 Å². The minimum Gasteiger partial charge on any atom is -0.397 e. The summed E-state index contributed by atoms with van der Waals surface area (Å²) in [6.45, 7) is 4.75. The van der Waals surface area contributed by atoms with Crippen molar-refractivity contribution in [3.63, 3.8) is 0 Å². The molecule has 1 fully saturated rings. The van der Waals surface area contributed by atoms with Crippen molar-refractivity contribution in [1.82, 2.24) is 14.8 Å². The van der Waals surface area contributed by atoms with E-state index in [9.17, 15) is 0 Å². The van der Waals surface area contributed by atoms with Crippen molar-refractivity contribution >= 4 is 5.69 Å². The molecule has 0 bridgehead atoms. The van der Waals surface area contributed by atoms with Gasteiger partial charge in [0.2, 0.25) is 0 Å². The molecule has 1 aromatic rings. The van der Waals surface area contributed by atoms with Crippen LogP contribution in [0, 0.1) is 5.92 Å². The third-order valence-electron chi connectivity index (χ3n) is 3.66. The summed E-state index contributed by atoms with van der Waals surface area (Å²) < 4.78 is 0. The van der Waals surface area contributed by atoms with Crippen LogP contribution in [0.5, 0.6) is 0 Å². The molecule has 1 aliphatic heterocycles. The lowest BCUT2D eigenvalue weighted by molar-refractivity contribution is 0.275. The van der Waals surface area contributed by atoms with Gasteiger partial charge in [-0.25, -0.2) is 0 Å². The van der Waals surface area contributed by atoms with Gasteiger partial charge in [-0.2, -0.15) is 0 Å². The molecule has 1 saturated heterocycles. The summed E-state index contributed by atoms with van der Waals surface area (Å²) in [5.41, 5.74) is 7.49. The van der Waals surface area contributed by atoms with Crippen LogP contribution in [0.2, 0.25) is 0 Å². The highest BCUT2D eigenvalue weighted by Gasteiger charge is 2.20. The van der Waals surface area contributed by atoms with Gasteiger partial charge in [-0.15, -0.1) is 0 Å². The van der Waals surface area contributed by atoms with Crippen LogP contribution >= 0.6 is 0 Å². The van der Waals surface area contributed by atoms with Crippen molar-refractivity contribution < 1.29 is 0 Å². The van der Waals surface area contributed by atoms with E-state index in [-0.39, 0.29) is 0 Å². The molecule has 0 aliphatic carbocycles. The second kappa shape index (κ2) is 6.16. The van der Waals surface area contributed by atoms with E-state index in [2.05, 4.69) is 28.9 Å². The number of nitrogens with two attached hydrogens (primary N) is 1. The summed E-state index contributed by atoms with van der Waals surface area (Å²) in [6.07, 6.45) is 4.07. The van der Waals surface area contributed by atoms with Crippen LogP contribution in [0.15, 0.2) is 18.3 Å². The summed E-state index contributed by atoms with van der Waals surface area (Å²) in [6, 6.07) is 3.95. The Balaban J connectivity index is 1.71. The zero-order valence-corrected chi connectivity index (χ0v) is 11.5. The third-order valence-corrected chi connectivity index (χ3v) is 3.66. The van der Waals surface area contributed by atoms with Gasteiger partial charge in [0.15, 0.2) is 0 Å². The molecule has 1 aromatic heterocycles. The van der Waals surface area contributed by atoms with E-state index < -0.39 is 0 Å². The number of likely N-dealkylation sites (tertiary alicyclic amines) is 1. The molecule has 0 spiro atoms. The van der Waals surface area contributed by atoms with E-state index in [1.807, 2.05) is 12.1 Å². The summed E-state index contributed by atoms with van der Waals surface area (Å²) >= 11 is 0. The Bertz CT molecular complexity index is 363. The lowest BCUT2D eigenvalue weighted by atomic mass is 10.1. The molecular weight excluding hydrogens is 224 g/mol. The molecule has 18 heavy (non-hydrogen) atoms. The molecule has 1 atom stereocenters. The average molecular weight is 248 g/mol. The van der Waals surface area contributed by atoms with E-state index in [1.54, 1.807) is 6.20 Å². The minimum absolute atomic E-state index is 0.737. The topological polar surface area (TPSA) is 45.4 Å². The van der Waals surface area contributed by atoms with Gasteiger partial charge in [0, 0.05) is 31.7 Å². The number of likely N-dealkylation sites (N-methyl/N-ethyl adjacent to an activating group) is 1. The first kappa shape index (κ1) is 13.3. The number of hydrogen-bond donors (Lipinski definition) is 1. The van der Waals surface area contributed by atoms with E-state index in [1.165, 1.54) is 26.1 Å². The third kappa shape index (κ3) is 3.96. The fraction of sp³-hybridized carbons (Fsp3) is 0.643. The fourth-order valence-electron chi connectivity index (χ4n) is 2.60. The number of nitrogens with zero attached hydrogens (tertiary/aromatic N) is 3. The molecule has 1 unspecified atom stereocenters. The molecular formula is C14H24N4. The normalized spacial score (nSPS) is 20.7. The molecule has 0 amide bonds. The Labute approximate surface area is 110 Å². The lowest BCUT2D eigenvalue weighted by Gasteiger charge is -2.20. The monoisotopic (exact) mass is 248 g/mol. The van der Waals surface area contributed by atoms with Gasteiger partial charge in [0.05, 0.1) is 11.9 Å². The maximum Gasteiger partial charge on any atom is 0.0501 e.